The van der Waals surface area contributed by atoms with E-state index in [1.165, 1.54) is 4.90 Å². The number of carbonyl (C=O) groups excluding carboxylic acids is 1. The first-order chi connectivity index (χ1) is 12.2. The van der Waals surface area contributed by atoms with Crippen LogP contribution in [0.15, 0.2) is 24.3 Å². The fraction of sp³-hybridized carbons (Fsp3) is 0.389. The maximum Gasteiger partial charge on any atom is 0.343 e. The van der Waals surface area contributed by atoms with E-state index in [-0.39, 0.29) is 25.3 Å². The second-order valence-corrected chi connectivity index (χ2v) is 6.99. The molecule has 1 unspecified atom stereocenters. The van der Waals surface area contributed by atoms with Crippen LogP contribution in [-0.4, -0.2) is 50.4 Å². The summed E-state index contributed by atoms with van der Waals surface area (Å²) in [6.07, 6.45) is -0.128. The zero-order valence-corrected chi connectivity index (χ0v) is 15.3. The molecule has 1 aliphatic rings. The first kappa shape index (κ1) is 18.4. The summed E-state index contributed by atoms with van der Waals surface area (Å²) in [5.41, 5.74) is 0.741. The number of likely N-dealkylation sites (tertiary alicyclic amines) is 1. The Morgan fingerprint density at radius 3 is 2.54 bits per heavy atom. The number of alkyl halides is 1. The smallest absolute Gasteiger partial charge is 0.343 e. The van der Waals surface area contributed by atoms with E-state index in [9.17, 15) is 14.0 Å². The van der Waals surface area contributed by atoms with E-state index in [2.05, 4.69) is 5.10 Å². The largest absolute Gasteiger partial charge is 0.479 e. The van der Waals surface area contributed by atoms with E-state index in [1.807, 2.05) is 26.0 Å². The van der Waals surface area contributed by atoms with E-state index < -0.39 is 18.2 Å². The van der Waals surface area contributed by atoms with Gasteiger partial charge in [-0.15, -0.1) is 0 Å². The number of nitrogens with zero attached hydrogens (tertiary/aromatic N) is 3. The topological polar surface area (TPSA) is 75.4 Å². The molecule has 0 spiro atoms. The molecule has 2 heterocycles. The summed E-state index contributed by atoms with van der Waals surface area (Å²) >= 11 is 5.91. The summed E-state index contributed by atoms with van der Waals surface area (Å²) in [5, 5.41) is 14.1. The predicted molar refractivity (Wildman–Crippen MR) is 94.4 cm³/mol. The molecule has 26 heavy (non-hydrogen) atoms. The van der Waals surface area contributed by atoms with Gasteiger partial charge in [0.2, 0.25) is 11.6 Å². The highest BCUT2D eigenvalue weighted by atomic mass is 35.5. The van der Waals surface area contributed by atoms with Crippen molar-refractivity contribution in [1.82, 2.24) is 14.7 Å². The van der Waals surface area contributed by atoms with E-state index >= 15 is 0 Å². The highest BCUT2D eigenvalue weighted by molar-refractivity contribution is 6.30. The van der Waals surface area contributed by atoms with Gasteiger partial charge in [0.25, 0.3) is 0 Å². The lowest BCUT2D eigenvalue weighted by Crippen LogP contribution is -2.39. The number of rotatable bonds is 4. The molecule has 1 aliphatic heterocycles. The van der Waals surface area contributed by atoms with Crippen LogP contribution in [0.25, 0.3) is 5.69 Å². The summed E-state index contributed by atoms with van der Waals surface area (Å²) < 4.78 is 15.9. The molecule has 1 atom stereocenters. The van der Waals surface area contributed by atoms with E-state index in [1.54, 1.807) is 16.8 Å². The van der Waals surface area contributed by atoms with Crippen molar-refractivity contribution in [1.29, 1.82) is 0 Å². The molecule has 0 aliphatic carbocycles. The molecule has 0 bridgehead atoms. The van der Waals surface area contributed by atoms with Gasteiger partial charge in [0, 0.05) is 29.2 Å². The number of aliphatic carboxylic acids is 1. The highest BCUT2D eigenvalue weighted by Gasteiger charge is 2.46. The lowest BCUT2D eigenvalue weighted by atomic mass is 10.1. The van der Waals surface area contributed by atoms with Crippen molar-refractivity contribution in [2.45, 2.75) is 32.4 Å². The number of hydrogen-bond acceptors (Lipinski definition) is 3. The third kappa shape index (κ3) is 3.31. The number of carboxylic acid groups (broad SMARTS) is 1. The fourth-order valence-corrected chi connectivity index (χ4v) is 3.31. The van der Waals surface area contributed by atoms with Crippen LogP contribution in [0.5, 0.6) is 0 Å². The zero-order chi connectivity index (χ0) is 19.1. The van der Waals surface area contributed by atoms with Gasteiger partial charge in [0.05, 0.1) is 24.3 Å². The molecule has 2 aromatic rings. The Morgan fingerprint density at radius 2 is 1.96 bits per heavy atom. The number of benzene rings is 1. The van der Waals surface area contributed by atoms with Crippen molar-refractivity contribution in [2.75, 3.05) is 13.1 Å². The Kier molecular flexibility index (Phi) is 4.75. The first-order valence-corrected chi connectivity index (χ1v) is 8.60. The molecule has 0 radical (unpaired) electrons. The number of aromatic nitrogens is 2. The molecule has 1 aromatic carbocycles. The third-order valence-electron chi connectivity index (χ3n) is 4.80. The quantitative estimate of drug-likeness (QED) is 0.886. The summed E-state index contributed by atoms with van der Waals surface area (Å²) in [7, 11) is 0. The monoisotopic (exact) mass is 379 g/mol. The van der Waals surface area contributed by atoms with Crippen LogP contribution in [0, 0.1) is 13.8 Å². The Balaban J connectivity index is 1.79. The van der Waals surface area contributed by atoms with Crippen molar-refractivity contribution in [3.63, 3.8) is 0 Å². The second kappa shape index (κ2) is 6.72. The van der Waals surface area contributed by atoms with Crippen molar-refractivity contribution in [2.24, 2.45) is 0 Å². The van der Waals surface area contributed by atoms with Gasteiger partial charge >= 0.3 is 5.97 Å². The molecule has 1 saturated heterocycles. The second-order valence-electron chi connectivity index (χ2n) is 6.55. The molecular weight excluding hydrogens is 361 g/mol. The summed E-state index contributed by atoms with van der Waals surface area (Å²) in [5.74, 6) is -1.82. The molecule has 3 rings (SSSR count). The molecule has 6 nitrogen and oxygen atoms in total. The standard InChI is InChI=1S/C18H19ClFN3O3/c1-11-15(9-16(24)22-8-7-18(20,10-22)17(25)26)12(2)23(21-11)14-5-3-13(19)4-6-14/h3-6H,7-10H2,1-2H3,(H,25,26). The van der Waals surface area contributed by atoms with Crippen LogP contribution in [0.2, 0.25) is 5.02 Å². The summed E-state index contributed by atoms with van der Waals surface area (Å²) in [6, 6.07) is 7.18. The van der Waals surface area contributed by atoms with E-state index in [0.29, 0.717) is 10.7 Å². The van der Waals surface area contributed by atoms with Crippen molar-refractivity contribution in [3.05, 3.63) is 46.2 Å². The van der Waals surface area contributed by atoms with Crippen LogP contribution in [-0.2, 0) is 16.0 Å². The molecule has 1 aromatic heterocycles. The van der Waals surface area contributed by atoms with Gasteiger partial charge in [-0.05, 0) is 38.1 Å². The Labute approximate surface area is 155 Å². The fourth-order valence-electron chi connectivity index (χ4n) is 3.19. The lowest BCUT2D eigenvalue weighted by molar-refractivity contribution is -0.150. The van der Waals surface area contributed by atoms with Gasteiger partial charge in [0.1, 0.15) is 0 Å². The first-order valence-electron chi connectivity index (χ1n) is 8.22. The Morgan fingerprint density at radius 1 is 1.31 bits per heavy atom. The van der Waals surface area contributed by atoms with Gasteiger partial charge in [-0.3, -0.25) is 4.79 Å². The van der Waals surface area contributed by atoms with Gasteiger partial charge in [-0.1, -0.05) is 11.6 Å². The number of carbonyl (C=O) groups is 2. The van der Waals surface area contributed by atoms with E-state index in [0.717, 1.165) is 16.9 Å². The molecule has 138 valence electrons. The molecule has 1 amide bonds. The number of amides is 1. The minimum atomic E-state index is -2.35. The SMILES string of the molecule is Cc1nn(-c2ccc(Cl)cc2)c(C)c1CC(=O)N1CCC(F)(C(=O)O)C1. The molecule has 1 fully saturated rings. The van der Waals surface area contributed by atoms with Gasteiger partial charge in [0.15, 0.2) is 0 Å². The maximum absolute atomic E-state index is 14.2. The Hall–Kier alpha value is -2.41. The van der Waals surface area contributed by atoms with Crippen LogP contribution in [0.1, 0.15) is 23.4 Å². The average Bonchev–Trinajstić information content (AvgIpc) is 3.12. The summed E-state index contributed by atoms with van der Waals surface area (Å²) in [4.78, 5) is 24.8. The predicted octanol–water partition coefficient (Wildman–Crippen LogP) is 2.71. The van der Waals surface area contributed by atoms with Crippen LogP contribution < -0.4 is 0 Å². The zero-order valence-electron chi connectivity index (χ0n) is 14.5. The molecule has 0 saturated carbocycles. The highest BCUT2D eigenvalue weighted by Crippen LogP contribution is 2.27. The van der Waals surface area contributed by atoms with Crippen molar-refractivity contribution < 1.29 is 19.1 Å². The van der Waals surface area contributed by atoms with Gasteiger partial charge in [-0.2, -0.15) is 5.10 Å². The minimum absolute atomic E-state index is 0.0565. The normalized spacial score (nSPS) is 19.8. The molecule has 1 N–H and O–H groups in total. The van der Waals surface area contributed by atoms with E-state index in [4.69, 9.17) is 16.7 Å². The lowest BCUT2D eigenvalue weighted by Gasteiger charge is -2.18. The summed E-state index contributed by atoms with van der Waals surface area (Å²) in [6.45, 7) is 3.36. The maximum atomic E-state index is 14.2. The van der Waals surface area contributed by atoms with Gasteiger partial charge < -0.3 is 10.0 Å². The molecule has 8 heteroatoms. The number of halogens is 2. The number of aryl methyl sites for hydroxylation is 1. The van der Waals surface area contributed by atoms with Crippen LogP contribution in [0.4, 0.5) is 4.39 Å². The van der Waals surface area contributed by atoms with Crippen LogP contribution >= 0.6 is 11.6 Å². The van der Waals surface area contributed by atoms with Crippen molar-refractivity contribution in [3.8, 4) is 5.69 Å². The van der Waals surface area contributed by atoms with Gasteiger partial charge in [-0.25, -0.2) is 13.9 Å². The Bertz CT molecular complexity index is 865. The average molecular weight is 380 g/mol. The third-order valence-corrected chi connectivity index (χ3v) is 5.05. The van der Waals surface area contributed by atoms with Crippen molar-refractivity contribution >= 4 is 23.5 Å². The van der Waals surface area contributed by atoms with Crippen LogP contribution in [0.3, 0.4) is 0 Å². The molecular formula is C18H19ClFN3O3. The number of hydrogen-bond donors (Lipinski definition) is 1. The number of carboxylic acids is 1. The minimum Gasteiger partial charge on any atom is -0.479 e.